The van der Waals surface area contributed by atoms with Gasteiger partial charge in [-0.2, -0.15) is 5.26 Å². The first-order valence-corrected chi connectivity index (χ1v) is 12.4. The van der Waals surface area contributed by atoms with Crippen LogP contribution in [-0.4, -0.2) is 23.0 Å². The number of hydrogen-bond donors (Lipinski definition) is 2. The molecule has 0 radical (unpaired) electrons. The summed E-state index contributed by atoms with van der Waals surface area (Å²) in [5, 5.41) is 22.3. The third kappa shape index (κ3) is 7.28. The second kappa shape index (κ2) is 12.8. The van der Waals surface area contributed by atoms with Gasteiger partial charge in [0, 0.05) is 5.56 Å². The predicted octanol–water partition coefficient (Wildman–Crippen LogP) is 5.90. The van der Waals surface area contributed by atoms with Gasteiger partial charge in [-0.05, 0) is 59.4 Å². The largest absolute Gasteiger partial charge is 0.481 e. The molecule has 0 aliphatic carbocycles. The zero-order valence-corrected chi connectivity index (χ0v) is 20.8. The number of amides is 1. The smallest absolute Gasteiger partial charge is 0.309 e. The second-order valence-electron chi connectivity index (χ2n) is 9.09. The molecule has 0 unspecified atom stereocenters. The molecular formula is C33H28N2O3. The fourth-order valence-electron chi connectivity index (χ4n) is 4.29. The van der Waals surface area contributed by atoms with Crippen LogP contribution >= 0.6 is 0 Å². The van der Waals surface area contributed by atoms with E-state index in [1.54, 1.807) is 42.5 Å². The minimum absolute atomic E-state index is 0.158. The SMILES string of the molecule is N#Cc1cccc(C[C@@H](C(=O)O)[C@@H](/C=C/c2ccccc2)NC(=O)c2ccc(Cc3ccccc3)cc2)c1. The lowest BCUT2D eigenvalue weighted by atomic mass is 9.90. The normalized spacial score (nSPS) is 12.4. The lowest BCUT2D eigenvalue weighted by Crippen LogP contribution is -2.43. The van der Waals surface area contributed by atoms with Crippen molar-refractivity contribution in [3.05, 3.63) is 149 Å². The summed E-state index contributed by atoms with van der Waals surface area (Å²) in [6, 6.07) is 35.1. The lowest BCUT2D eigenvalue weighted by Gasteiger charge is -2.23. The zero-order chi connectivity index (χ0) is 26.7. The Morgan fingerprint density at radius 1 is 0.816 bits per heavy atom. The van der Waals surface area contributed by atoms with Crippen molar-refractivity contribution in [2.45, 2.75) is 18.9 Å². The first kappa shape index (κ1) is 26.1. The molecule has 4 aromatic carbocycles. The third-order valence-corrected chi connectivity index (χ3v) is 6.32. The fourth-order valence-corrected chi connectivity index (χ4v) is 4.29. The number of carboxylic acid groups (broad SMARTS) is 1. The van der Waals surface area contributed by atoms with Crippen molar-refractivity contribution in [2.75, 3.05) is 0 Å². The number of hydrogen-bond acceptors (Lipinski definition) is 3. The number of carboxylic acids is 1. The maximum absolute atomic E-state index is 13.2. The van der Waals surface area contributed by atoms with Crippen LogP contribution in [0.3, 0.4) is 0 Å². The van der Waals surface area contributed by atoms with Crippen molar-refractivity contribution >= 4 is 18.0 Å². The standard InChI is InChI=1S/C33H28N2O3/c34-23-28-13-7-12-27(21-28)22-30(33(37)38)31(19-16-24-8-3-1-4-9-24)35-32(36)29-17-14-26(15-18-29)20-25-10-5-2-6-11-25/h1-19,21,30-31H,20,22H2,(H,35,36)(H,37,38)/b19-16+/t30-,31-/m1/s1. The molecule has 0 saturated carbocycles. The Morgan fingerprint density at radius 2 is 1.45 bits per heavy atom. The molecule has 0 saturated heterocycles. The van der Waals surface area contributed by atoms with Crippen LogP contribution in [-0.2, 0) is 17.6 Å². The number of nitrogens with one attached hydrogen (secondary N) is 1. The molecule has 0 heterocycles. The molecule has 0 aromatic heterocycles. The molecule has 5 heteroatoms. The van der Waals surface area contributed by atoms with Crippen LogP contribution in [0.25, 0.3) is 6.08 Å². The highest BCUT2D eigenvalue weighted by Crippen LogP contribution is 2.18. The number of nitriles is 1. The van der Waals surface area contributed by atoms with Gasteiger partial charge in [0.15, 0.2) is 0 Å². The van der Waals surface area contributed by atoms with Gasteiger partial charge in [-0.3, -0.25) is 9.59 Å². The molecule has 0 fully saturated rings. The van der Waals surface area contributed by atoms with E-state index in [9.17, 15) is 20.0 Å². The Morgan fingerprint density at radius 3 is 2.11 bits per heavy atom. The Labute approximate surface area is 222 Å². The Bertz CT molecular complexity index is 1440. The summed E-state index contributed by atoms with van der Waals surface area (Å²) in [4.78, 5) is 25.6. The van der Waals surface area contributed by atoms with Crippen LogP contribution in [0.5, 0.6) is 0 Å². The van der Waals surface area contributed by atoms with Crippen LogP contribution < -0.4 is 5.32 Å². The summed E-state index contributed by atoms with van der Waals surface area (Å²) >= 11 is 0. The van der Waals surface area contributed by atoms with Gasteiger partial charge in [0.1, 0.15) is 0 Å². The maximum Gasteiger partial charge on any atom is 0.309 e. The quantitative estimate of drug-likeness (QED) is 0.283. The van der Waals surface area contributed by atoms with Crippen molar-refractivity contribution in [3.8, 4) is 6.07 Å². The number of nitrogens with zero attached hydrogens (tertiary/aromatic N) is 1. The molecule has 0 aliphatic heterocycles. The average Bonchev–Trinajstić information content (AvgIpc) is 2.95. The minimum Gasteiger partial charge on any atom is -0.481 e. The molecule has 5 nitrogen and oxygen atoms in total. The van der Waals surface area contributed by atoms with E-state index in [4.69, 9.17) is 0 Å². The van der Waals surface area contributed by atoms with Crippen molar-refractivity contribution in [2.24, 2.45) is 5.92 Å². The van der Waals surface area contributed by atoms with Gasteiger partial charge in [-0.25, -0.2) is 0 Å². The highest BCUT2D eigenvalue weighted by molar-refractivity contribution is 5.95. The van der Waals surface area contributed by atoms with Gasteiger partial charge in [0.25, 0.3) is 5.91 Å². The molecule has 38 heavy (non-hydrogen) atoms. The number of rotatable bonds is 10. The van der Waals surface area contributed by atoms with E-state index >= 15 is 0 Å². The lowest BCUT2D eigenvalue weighted by molar-refractivity contribution is -0.142. The number of carbonyl (C=O) groups is 2. The zero-order valence-electron chi connectivity index (χ0n) is 20.8. The minimum atomic E-state index is -1.03. The monoisotopic (exact) mass is 500 g/mol. The van der Waals surface area contributed by atoms with Crippen LogP contribution in [0.2, 0.25) is 0 Å². The molecule has 0 spiro atoms. The Balaban J connectivity index is 1.56. The molecule has 1 amide bonds. The maximum atomic E-state index is 13.2. The van der Waals surface area contributed by atoms with E-state index < -0.39 is 17.9 Å². The number of aliphatic carboxylic acids is 1. The van der Waals surface area contributed by atoms with Crippen LogP contribution in [0.1, 0.15) is 38.2 Å². The van der Waals surface area contributed by atoms with Gasteiger partial charge < -0.3 is 10.4 Å². The summed E-state index contributed by atoms with van der Waals surface area (Å²) in [6.45, 7) is 0. The first-order chi connectivity index (χ1) is 18.5. The average molecular weight is 501 g/mol. The van der Waals surface area contributed by atoms with Crippen LogP contribution in [0.15, 0.2) is 115 Å². The Kier molecular flexibility index (Phi) is 8.83. The number of benzene rings is 4. The molecule has 4 rings (SSSR count). The van der Waals surface area contributed by atoms with E-state index in [2.05, 4.69) is 23.5 Å². The van der Waals surface area contributed by atoms with Crippen molar-refractivity contribution in [1.82, 2.24) is 5.32 Å². The van der Waals surface area contributed by atoms with E-state index in [1.165, 1.54) is 5.56 Å². The van der Waals surface area contributed by atoms with Gasteiger partial charge in [0.2, 0.25) is 0 Å². The molecule has 188 valence electrons. The summed E-state index contributed by atoms with van der Waals surface area (Å²) in [5.74, 6) is -2.32. The second-order valence-corrected chi connectivity index (χ2v) is 9.09. The molecular weight excluding hydrogens is 472 g/mol. The van der Waals surface area contributed by atoms with E-state index in [0.29, 0.717) is 16.7 Å². The van der Waals surface area contributed by atoms with Crippen molar-refractivity contribution < 1.29 is 14.7 Å². The van der Waals surface area contributed by atoms with Gasteiger partial charge in [-0.15, -0.1) is 0 Å². The third-order valence-electron chi connectivity index (χ3n) is 6.32. The topological polar surface area (TPSA) is 90.2 Å². The van der Waals surface area contributed by atoms with Gasteiger partial charge in [-0.1, -0.05) is 97.1 Å². The number of carbonyl (C=O) groups excluding carboxylic acids is 1. The van der Waals surface area contributed by atoms with Crippen LogP contribution in [0, 0.1) is 17.2 Å². The van der Waals surface area contributed by atoms with E-state index in [-0.39, 0.29) is 12.3 Å². The predicted molar refractivity (Wildman–Crippen MR) is 148 cm³/mol. The molecule has 4 aromatic rings. The van der Waals surface area contributed by atoms with Gasteiger partial charge in [0.05, 0.1) is 23.6 Å². The summed E-state index contributed by atoms with van der Waals surface area (Å²) in [5.41, 5.74) is 4.79. The van der Waals surface area contributed by atoms with E-state index in [0.717, 1.165) is 17.5 Å². The molecule has 0 aliphatic rings. The van der Waals surface area contributed by atoms with Crippen molar-refractivity contribution in [3.63, 3.8) is 0 Å². The molecule has 2 N–H and O–H groups in total. The Hall–Kier alpha value is -4.95. The summed E-state index contributed by atoms with van der Waals surface area (Å²) < 4.78 is 0. The van der Waals surface area contributed by atoms with E-state index in [1.807, 2.05) is 66.7 Å². The first-order valence-electron chi connectivity index (χ1n) is 12.4. The highest BCUT2D eigenvalue weighted by Gasteiger charge is 2.28. The molecule has 0 bridgehead atoms. The van der Waals surface area contributed by atoms with Gasteiger partial charge >= 0.3 is 5.97 Å². The summed E-state index contributed by atoms with van der Waals surface area (Å²) in [7, 11) is 0. The fraction of sp³-hybridized carbons (Fsp3) is 0.121. The van der Waals surface area contributed by atoms with Crippen LogP contribution in [0.4, 0.5) is 0 Å². The summed E-state index contributed by atoms with van der Waals surface area (Å²) in [6.07, 6.45) is 4.46. The highest BCUT2D eigenvalue weighted by atomic mass is 16.4. The van der Waals surface area contributed by atoms with Crippen molar-refractivity contribution in [1.29, 1.82) is 5.26 Å². The molecule has 2 atom stereocenters.